The number of nitrogens with one attached hydrogen (secondary N) is 1. The molecular weight excluding hydrogens is 364 g/mol. The topological polar surface area (TPSA) is 35.5 Å². The first-order valence-corrected chi connectivity index (χ1v) is 9.39. The minimum atomic E-state index is 0.235. The van der Waals surface area contributed by atoms with Crippen molar-refractivity contribution >= 4 is 15.9 Å². The molecule has 24 heavy (non-hydrogen) atoms. The zero-order valence-electron chi connectivity index (χ0n) is 13.9. The summed E-state index contributed by atoms with van der Waals surface area (Å²) in [5, 5.41) is 13.5. The second-order valence-electron chi connectivity index (χ2n) is 6.53. The maximum atomic E-state index is 9.82. The van der Waals surface area contributed by atoms with Gasteiger partial charge in [-0.05, 0) is 30.2 Å². The quantitative estimate of drug-likeness (QED) is 0.795. The van der Waals surface area contributed by atoms with E-state index < -0.39 is 0 Å². The standard InChI is InChI=1S/C20H25BrN2O/c21-19-9-5-4-8-17(19)12-22-20-10-11-23(14-18(20)15-24)13-16-6-2-1-3-7-16/h1-9,18,20,22,24H,10-15H2/t18-,20+/m1/s1. The molecule has 0 bridgehead atoms. The maximum Gasteiger partial charge on any atom is 0.0486 e. The van der Waals surface area contributed by atoms with Crippen molar-refractivity contribution in [1.29, 1.82) is 0 Å². The third kappa shape index (κ3) is 4.67. The van der Waals surface area contributed by atoms with E-state index in [0.717, 1.165) is 37.1 Å². The molecule has 1 saturated heterocycles. The van der Waals surface area contributed by atoms with Crippen LogP contribution in [0, 0.1) is 5.92 Å². The molecule has 0 radical (unpaired) electrons. The Bertz CT molecular complexity index is 635. The highest BCUT2D eigenvalue weighted by molar-refractivity contribution is 9.10. The Morgan fingerprint density at radius 2 is 1.83 bits per heavy atom. The molecule has 3 rings (SSSR count). The summed E-state index contributed by atoms with van der Waals surface area (Å²) in [7, 11) is 0. The Hall–Kier alpha value is -1.20. The SMILES string of the molecule is OC[C@H]1CN(Cc2ccccc2)CC[C@@H]1NCc1ccccc1Br. The molecule has 0 amide bonds. The van der Waals surface area contributed by atoms with Crippen molar-refractivity contribution in [2.45, 2.75) is 25.6 Å². The zero-order chi connectivity index (χ0) is 16.8. The molecule has 4 heteroatoms. The monoisotopic (exact) mass is 388 g/mol. The summed E-state index contributed by atoms with van der Waals surface area (Å²) in [6.07, 6.45) is 1.07. The van der Waals surface area contributed by atoms with Gasteiger partial charge in [0, 0.05) is 42.7 Å². The van der Waals surface area contributed by atoms with E-state index in [1.54, 1.807) is 0 Å². The van der Waals surface area contributed by atoms with E-state index in [2.05, 4.69) is 74.7 Å². The van der Waals surface area contributed by atoms with Gasteiger partial charge in [0.1, 0.15) is 0 Å². The Labute approximate surface area is 152 Å². The van der Waals surface area contributed by atoms with Crippen molar-refractivity contribution in [3.05, 3.63) is 70.2 Å². The fraction of sp³-hybridized carbons (Fsp3) is 0.400. The van der Waals surface area contributed by atoms with Crippen LogP contribution in [0.4, 0.5) is 0 Å². The molecule has 1 aliphatic heterocycles. The molecule has 2 aromatic carbocycles. The maximum absolute atomic E-state index is 9.82. The predicted octanol–water partition coefficient (Wildman–Crippen LogP) is 3.42. The third-order valence-electron chi connectivity index (χ3n) is 4.81. The normalized spacial score (nSPS) is 21.8. The molecule has 1 heterocycles. The summed E-state index contributed by atoms with van der Waals surface area (Å²) in [4.78, 5) is 2.45. The lowest BCUT2D eigenvalue weighted by Crippen LogP contribution is -2.50. The average molecular weight is 389 g/mol. The number of aliphatic hydroxyl groups excluding tert-OH is 1. The number of piperidine rings is 1. The van der Waals surface area contributed by atoms with Crippen LogP contribution in [0.1, 0.15) is 17.5 Å². The molecule has 2 aromatic rings. The van der Waals surface area contributed by atoms with Crippen LogP contribution in [0.15, 0.2) is 59.1 Å². The van der Waals surface area contributed by atoms with E-state index >= 15 is 0 Å². The number of aliphatic hydroxyl groups is 1. The van der Waals surface area contributed by atoms with Crippen molar-refractivity contribution in [3.8, 4) is 0 Å². The average Bonchev–Trinajstić information content (AvgIpc) is 2.62. The number of nitrogens with zero attached hydrogens (tertiary/aromatic N) is 1. The Morgan fingerprint density at radius 3 is 2.58 bits per heavy atom. The molecule has 1 aliphatic rings. The number of rotatable bonds is 6. The minimum Gasteiger partial charge on any atom is -0.396 e. The lowest BCUT2D eigenvalue weighted by molar-refractivity contribution is 0.0849. The second kappa shape index (κ2) is 8.77. The van der Waals surface area contributed by atoms with Crippen LogP contribution in [0.2, 0.25) is 0 Å². The van der Waals surface area contributed by atoms with Gasteiger partial charge in [0.2, 0.25) is 0 Å². The zero-order valence-corrected chi connectivity index (χ0v) is 15.5. The number of likely N-dealkylation sites (tertiary alicyclic amines) is 1. The number of halogens is 1. The molecule has 0 aliphatic carbocycles. The van der Waals surface area contributed by atoms with Gasteiger partial charge in [0.25, 0.3) is 0 Å². The fourth-order valence-corrected chi connectivity index (χ4v) is 3.85. The largest absolute Gasteiger partial charge is 0.396 e. The fourth-order valence-electron chi connectivity index (χ4n) is 3.43. The van der Waals surface area contributed by atoms with E-state index in [0.29, 0.717) is 6.04 Å². The highest BCUT2D eigenvalue weighted by Gasteiger charge is 2.28. The number of hydrogen-bond acceptors (Lipinski definition) is 3. The third-order valence-corrected chi connectivity index (χ3v) is 5.59. The van der Waals surface area contributed by atoms with Gasteiger partial charge in [-0.2, -0.15) is 0 Å². The molecule has 1 fully saturated rings. The summed E-state index contributed by atoms with van der Waals surface area (Å²) in [6, 6.07) is 19.2. The van der Waals surface area contributed by atoms with Crippen LogP contribution < -0.4 is 5.32 Å². The smallest absolute Gasteiger partial charge is 0.0486 e. The summed E-state index contributed by atoms with van der Waals surface area (Å²) < 4.78 is 1.14. The highest BCUT2D eigenvalue weighted by Crippen LogP contribution is 2.21. The van der Waals surface area contributed by atoms with E-state index in [9.17, 15) is 5.11 Å². The van der Waals surface area contributed by atoms with Gasteiger partial charge < -0.3 is 10.4 Å². The van der Waals surface area contributed by atoms with E-state index in [1.807, 2.05) is 6.07 Å². The van der Waals surface area contributed by atoms with Crippen molar-refractivity contribution in [2.24, 2.45) is 5.92 Å². The molecule has 2 N–H and O–H groups in total. The lowest BCUT2D eigenvalue weighted by Gasteiger charge is -2.38. The molecule has 2 atom stereocenters. The van der Waals surface area contributed by atoms with Crippen molar-refractivity contribution in [1.82, 2.24) is 10.2 Å². The van der Waals surface area contributed by atoms with Gasteiger partial charge in [-0.15, -0.1) is 0 Å². The van der Waals surface area contributed by atoms with Gasteiger partial charge in [-0.25, -0.2) is 0 Å². The van der Waals surface area contributed by atoms with Crippen LogP contribution >= 0.6 is 15.9 Å². The van der Waals surface area contributed by atoms with Crippen LogP contribution in [-0.2, 0) is 13.1 Å². The predicted molar refractivity (Wildman–Crippen MR) is 102 cm³/mol. The molecule has 0 unspecified atom stereocenters. The molecule has 0 saturated carbocycles. The van der Waals surface area contributed by atoms with E-state index in [-0.39, 0.29) is 12.5 Å². The first-order chi connectivity index (χ1) is 11.8. The molecular formula is C20H25BrN2O. The van der Waals surface area contributed by atoms with Crippen molar-refractivity contribution in [2.75, 3.05) is 19.7 Å². The summed E-state index contributed by atoms with van der Waals surface area (Å²) in [5.41, 5.74) is 2.61. The van der Waals surface area contributed by atoms with Gasteiger partial charge in [0.15, 0.2) is 0 Å². The lowest BCUT2D eigenvalue weighted by atomic mass is 9.92. The summed E-state index contributed by atoms with van der Waals surface area (Å²) in [5.74, 6) is 0.282. The van der Waals surface area contributed by atoms with E-state index in [1.165, 1.54) is 11.1 Å². The van der Waals surface area contributed by atoms with Gasteiger partial charge in [0.05, 0.1) is 0 Å². The van der Waals surface area contributed by atoms with Crippen LogP contribution in [0.25, 0.3) is 0 Å². The Balaban J connectivity index is 1.54. The van der Waals surface area contributed by atoms with E-state index in [4.69, 9.17) is 0 Å². The van der Waals surface area contributed by atoms with Gasteiger partial charge in [-0.3, -0.25) is 4.90 Å². The van der Waals surface area contributed by atoms with Crippen LogP contribution in [0.3, 0.4) is 0 Å². The molecule has 0 spiro atoms. The van der Waals surface area contributed by atoms with Crippen molar-refractivity contribution in [3.63, 3.8) is 0 Å². The van der Waals surface area contributed by atoms with Crippen molar-refractivity contribution < 1.29 is 5.11 Å². The Kier molecular flexibility index (Phi) is 6.44. The Morgan fingerprint density at radius 1 is 1.08 bits per heavy atom. The van der Waals surface area contributed by atoms with Gasteiger partial charge >= 0.3 is 0 Å². The number of benzene rings is 2. The molecule has 3 nitrogen and oxygen atoms in total. The van der Waals surface area contributed by atoms with Gasteiger partial charge in [-0.1, -0.05) is 64.5 Å². The molecule has 0 aromatic heterocycles. The summed E-state index contributed by atoms with van der Waals surface area (Å²) in [6.45, 7) is 4.05. The minimum absolute atomic E-state index is 0.235. The summed E-state index contributed by atoms with van der Waals surface area (Å²) >= 11 is 3.60. The first kappa shape index (κ1) is 17.6. The van der Waals surface area contributed by atoms with Crippen LogP contribution in [-0.4, -0.2) is 35.7 Å². The number of hydrogen-bond donors (Lipinski definition) is 2. The van der Waals surface area contributed by atoms with Crippen LogP contribution in [0.5, 0.6) is 0 Å². The first-order valence-electron chi connectivity index (χ1n) is 8.60. The molecule has 128 valence electrons. The highest BCUT2D eigenvalue weighted by atomic mass is 79.9. The second-order valence-corrected chi connectivity index (χ2v) is 7.39.